The van der Waals surface area contributed by atoms with Crippen LogP contribution in [0.25, 0.3) is 0 Å². The van der Waals surface area contributed by atoms with Crippen molar-refractivity contribution in [3.05, 3.63) is 0 Å². The van der Waals surface area contributed by atoms with Crippen LogP contribution in [-0.2, 0) is 19.1 Å². The number of ether oxygens (including phenoxy) is 2. The molecule has 0 aliphatic heterocycles. The van der Waals surface area contributed by atoms with Gasteiger partial charge in [0, 0.05) is 12.8 Å². The molecule has 152 valence electrons. The van der Waals surface area contributed by atoms with Crippen molar-refractivity contribution >= 4 is 11.9 Å². The molecule has 0 N–H and O–H groups in total. The number of carbonyl (C=O) groups excluding carboxylic acids is 2. The van der Waals surface area contributed by atoms with Crippen LogP contribution in [0.2, 0.25) is 0 Å². The first-order valence-electron chi connectivity index (χ1n) is 11.0. The molecule has 0 saturated heterocycles. The molecule has 0 aromatic carbocycles. The average Bonchev–Trinajstić information content (AvgIpc) is 2.63. The Morgan fingerprint density at radius 2 is 0.962 bits per heavy atom. The Morgan fingerprint density at radius 3 is 1.31 bits per heavy atom. The molecule has 0 atom stereocenters. The average molecular weight is 369 g/mol. The van der Waals surface area contributed by atoms with Gasteiger partial charge in [0.2, 0.25) is 0 Å². The highest BCUT2D eigenvalue weighted by atomic mass is 16.6. The van der Waals surface area contributed by atoms with Gasteiger partial charge >= 0.3 is 11.9 Å². The Hall–Kier alpha value is -1.06. The third-order valence-corrected chi connectivity index (χ3v) is 5.19. The van der Waals surface area contributed by atoms with E-state index in [9.17, 15) is 9.59 Å². The lowest BCUT2D eigenvalue weighted by atomic mass is 9.95. The maximum Gasteiger partial charge on any atom is 0.306 e. The van der Waals surface area contributed by atoms with E-state index >= 15 is 0 Å². The third kappa shape index (κ3) is 11.5. The summed E-state index contributed by atoms with van der Waals surface area (Å²) >= 11 is 0. The van der Waals surface area contributed by atoms with Crippen molar-refractivity contribution < 1.29 is 19.1 Å². The van der Waals surface area contributed by atoms with Crippen LogP contribution >= 0.6 is 0 Å². The molecule has 0 bridgehead atoms. The Labute approximate surface area is 160 Å². The minimum atomic E-state index is -0.0611. The molecule has 1 aliphatic carbocycles. The molecule has 1 fully saturated rings. The number of hydrogen-bond acceptors (Lipinski definition) is 4. The zero-order valence-electron chi connectivity index (χ0n) is 17.1. The molecule has 26 heavy (non-hydrogen) atoms. The van der Waals surface area contributed by atoms with Gasteiger partial charge in [-0.2, -0.15) is 0 Å². The van der Waals surface area contributed by atoms with Gasteiger partial charge in [-0.15, -0.1) is 0 Å². The van der Waals surface area contributed by atoms with E-state index in [2.05, 4.69) is 13.8 Å². The van der Waals surface area contributed by atoms with Gasteiger partial charge in [0.05, 0.1) is 0 Å². The summed E-state index contributed by atoms with van der Waals surface area (Å²) in [5.74, 6) is -0.122. The van der Waals surface area contributed by atoms with Crippen molar-refractivity contribution in [1.82, 2.24) is 0 Å². The van der Waals surface area contributed by atoms with Gasteiger partial charge in [0.25, 0.3) is 0 Å². The highest BCUT2D eigenvalue weighted by Crippen LogP contribution is 2.24. The lowest BCUT2D eigenvalue weighted by molar-refractivity contribution is -0.158. The summed E-state index contributed by atoms with van der Waals surface area (Å²) in [6, 6.07) is 0. The lowest BCUT2D eigenvalue weighted by Crippen LogP contribution is -2.29. The Bertz CT molecular complexity index is 336. The molecule has 1 rings (SSSR count). The number of rotatable bonds is 14. The molecule has 1 saturated carbocycles. The lowest BCUT2D eigenvalue weighted by Gasteiger charge is -2.28. The Balaban J connectivity index is 2.05. The second-order valence-corrected chi connectivity index (χ2v) is 7.71. The summed E-state index contributed by atoms with van der Waals surface area (Å²) < 4.78 is 11.1. The van der Waals surface area contributed by atoms with Gasteiger partial charge in [-0.25, -0.2) is 0 Å². The van der Waals surface area contributed by atoms with Crippen LogP contribution in [0.3, 0.4) is 0 Å². The summed E-state index contributed by atoms with van der Waals surface area (Å²) in [6.45, 7) is 4.38. The van der Waals surface area contributed by atoms with Gasteiger partial charge in [-0.3, -0.25) is 9.59 Å². The van der Waals surface area contributed by atoms with E-state index in [4.69, 9.17) is 9.47 Å². The fraction of sp³-hybridized carbons (Fsp3) is 0.909. The first-order valence-corrected chi connectivity index (χ1v) is 11.0. The first kappa shape index (κ1) is 23.0. The van der Waals surface area contributed by atoms with Crippen LogP contribution in [0.1, 0.15) is 117 Å². The van der Waals surface area contributed by atoms with Crippen molar-refractivity contribution in [2.45, 2.75) is 129 Å². The molecule has 4 heteroatoms. The highest BCUT2D eigenvalue weighted by Gasteiger charge is 2.26. The van der Waals surface area contributed by atoms with Crippen LogP contribution in [0.4, 0.5) is 0 Å². The first-order chi connectivity index (χ1) is 12.7. The molecule has 0 amide bonds. The molecule has 0 radical (unpaired) electrons. The third-order valence-electron chi connectivity index (χ3n) is 5.19. The standard InChI is InChI=1S/C22H40O4/c1-3-5-7-9-11-13-21(23)25-19-15-17-20(18-16-19)26-22(24)14-12-10-8-6-4-2/h19-20H,3-18H2,1-2H3. The zero-order chi connectivity index (χ0) is 19.0. The molecule has 0 unspecified atom stereocenters. The Morgan fingerprint density at radius 1 is 0.615 bits per heavy atom. The Kier molecular flexibility index (Phi) is 13.3. The van der Waals surface area contributed by atoms with Gasteiger partial charge in [0.1, 0.15) is 12.2 Å². The van der Waals surface area contributed by atoms with Gasteiger partial charge in [0.15, 0.2) is 0 Å². The minimum absolute atomic E-state index is 0.0159. The van der Waals surface area contributed by atoms with Crippen LogP contribution in [0, 0.1) is 0 Å². The maximum absolute atomic E-state index is 11.9. The van der Waals surface area contributed by atoms with Crippen molar-refractivity contribution in [3.63, 3.8) is 0 Å². The molecule has 1 aliphatic rings. The minimum Gasteiger partial charge on any atom is -0.462 e. The fourth-order valence-electron chi connectivity index (χ4n) is 3.50. The molecule has 0 aromatic heterocycles. The van der Waals surface area contributed by atoms with Crippen LogP contribution < -0.4 is 0 Å². The van der Waals surface area contributed by atoms with Crippen LogP contribution in [0.15, 0.2) is 0 Å². The van der Waals surface area contributed by atoms with Crippen molar-refractivity contribution in [1.29, 1.82) is 0 Å². The van der Waals surface area contributed by atoms with E-state index in [0.29, 0.717) is 12.8 Å². The van der Waals surface area contributed by atoms with E-state index in [0.717, 1.165) is 51.4 Å². The summed E-state index contributed by atoms with van der Waals surface area (Å²) in [5, 5.41) is 0. The summed E-state index contributed by atoms with van der Waals surface area (Å²) in [6.07, 6.45) is 15.8. The molecule has 0 spiro atoms. The van der Waals surface area contributed by atoms with Crippen molar-refractivity contribution in [2.75, 3.05) is 0 Å². The van der Waals surface area contributed by atoms with Crippen molar-refractivity contribution in [3.8, 4) is 0 Å². The largest absolute Gasteiger partial charge is 0.462 e. The van der Waals surface area contributed by atoms with Gasteiger partial charge < -0.3 is 9.47 Å². The van der Waals surface area contributed by atoms with E-state index in [1.165, 1.54) is 38.5 Å². The monoisotopic (exact) mass is 368 g/mol. The summed E-state index contributed by atoms with van der Waals surface area (Å²) in [4.78, 5) is 23.8. The quantitative estimate of drug-likeness (QED) is 0.274. The molecule has 0 aromatic rings. The summed E-state index contributed by atoms with van der Waals surface area (Å²) in [7, 11) is 0. The number of carbonyl (C=O) groups is 2. The number of hydrogen-bond donors (Lipinski definition) is 0. The van der Waals surface area contributed by atoms with Crippen molar-refractivity contribution in [2.24, 2.45) is 0 Å². The van der Waals surface area contributed by atoms with E-state index in [1.807, 2.05) is 0 Å². The number of esters is 2. The topological polar surface area (TPSA) is 52.6 Å². The smallest absolute Gasteiger partial charge is 0.306 e. The second kappa shape index (κ2) is 15.0. The van der Waals surface area contributed by atoms with E-state index in [-0.39, 0.29) is 24.1 Å². The van der Waals surface area contributed by atoms with Crippen LogP contribution in [0.5, 0.6) is 0 Å². The van der Waals surface area contributed by atoms with E-state index in [1.54, 1.807) is 0 Å². The maximum atomic E-state index is 11.9. The SMILES string of the molecule is CCCCCCCC(=O)OC1CCC(OC(=O)CCCCCCC)CC1. The zero-order valence-corrected chi connectivity index (χ0v) is 17.1. The highest BCUT2D eigenvalue weighted by molar-refractivity contribution is 5.70. The predicted octanol–water partition coefficient (Wildman–Crippen LogP) is 6.11. The van der Waals surface area contributed by atoms with Gasteiger partial charge in [-0.1, -0.05) is 65.2 Å². The summed E-state index contributed by atoms with van der Waals surface area (Å²) in [5.41, 5.74) is 0. The van der Waals surface area contributed by atoms with E-state index < -0.39 is 0 Å². The predicted molar refractivity (Wildman–Crippen MR) is 105 cm³/mol. The molecule has 4 nitrogen and oxygen atoms in total. The normalized spacial score (nSPS) is 19.9. The van der Waals surface area contributed by atoms with Gasteiger partial charge in [-0.05, 0) is 38.5 Å². The molecular weight excluding hydrogens is 328 g/mol. The van der Waals surface area contributed by atoms with Crippen LogP contribution in [-0.4, -0.2) is 24.1 Å². The molecular formula is C22H40O4. The second-order valence-electron chi connectivity index (χ2n) is 7.71. The number of unbranched alkanes of at least 4 members (excludes halogenated alkanes) is 8. The molecule has 0 heterocycles. The fourth-order valence-corrected chi connectivity index (χ4v) is 3.50.